The topological polar surface area (TPSA) is 32.7 Å². The molecule has 88 valence electrons. The van der Waals surface area contributed by atoms with E-state index in [1.165, 1.54) is 19.4 Å². The van der Waals surface area contributed by atoms with Gasteiger partial charge >= 0.3 is 0 Å². The Balaban J connectivity index is 1.81. The summed E-state index contributed by atoms with van der Waals surface area (Å²) in [5.74, 6) is 0.926. The fraction of sp³-hybridized carbons (Fsp3) is 1.00. The van der Waals surface area contributed by atoms with Gasteiger partial charge in [-0.3, -0.25) is 0 Å². The summed E-state index contributed by atoms with van der Waals surface area (Å²) < 4.78 is 5.51. The Hall–Kier alpha value is -0.120. The summed E-state index contributed by atoms with van der Waals surface area (Å²) in [5, 5.41) is 9.53. The van der Waals surface area contributed by atoms with Crippen molar-refractivity contribution in [2.75, 3.05) is 40.0 Å². The highest BCUT2D eigenvalue weighted by Crippen LogP contribution is 2.32. The summed E-state index contributed by atoms with van der Waals surface area (Å²) in [4.78, 5) is 2.38. The molecule has 3 nitrogen and oxygen atoms in total. The average Bonchev–Trinajstić information content (AvgIpc) is 3.03. The Morgan fingerprint density at radius 1 is 1.47 bits per heavy atom. The van der Waals surface area contributed by atoms with Gasteiger partial charge in [-0.1, -0.05) is 0 Å². The lowest BCUT2D eigenvalue weighted by Crippen LogP contribution is -2.44. The monoisotopic (exact) mass is 213 g/mol. The van der Waals surface area contributed by atoms with Crippen LogP contribution in [0.5, 0.6) is 0 Å². The number of aliphatic hydroxyl groups excluding tert-OH is 1. The van der Waals surface area contributed by atoms with Gasteiger partial charge in [0.15, 0.2) is 0 Å². The lowest BCUT2D eigenvalue weighted by molar-refractivity contribution is -0.0526. The van der Waals surface area contributed by atoms with Crippen molar-refractivity contribution in [1.29, 1.82) is 0 Å². The van der Waals surface area contributed by atoms with Gasteiger partial charge in [-0.15, -0.1) is 0 Å². The molecule has 2 aliphatic rings. The molecule has 0 spiro atoms. The lowest BCUT2D eigenvalue weighted by Gasteiger charge is -2.38. The van der Waals surface area contributed by atoms with Crippen LogP contribution in [0.15, 0.2) is 0 Å². The second-order valence-electron chi connectivity index (χ2n) is 5.45. The SMILES string of the molecule is CN(CC1CC1)CC1(CO)CCCOC1. The van der Waals surface area contributed by atoms with Crippen molar-refractivity contribution in [1.82, 2.24) is 4.90 Å². The third-order valence-corrected chi connectivity index (χ3v) is 3.61. The van der Waals surface area contributed by atoms with Crippen LogP contribution in [-0.2, 0) is 4.74 Å². The third kappa shape index (κ3) is 3.16. The van der Waals surface area contributed by atoms with Gasteiger partial charge in [0, 0.05) is 25.1 Å². The van der Waals surface area contributed by atoms with Gasteiger partial charge < -0.3 is 14.7 Å². The van der Waals surface area contributed by atoms with Crippen molar-refractivity contribution in [3.05, 3.63) is 0 Å². The molecule has 0 aromatic heterocycles. The summed E-state index contributed by atoms with van der Waals surface area (Å²) >= 11 is 0. The molecule has 1 aliphatic heterocycles. The smallest absolute Gasteiger partial charge is 0.0556 e. The molecule has 15 heavy (non-hydrogen) atoms. The Labute approximate surface area is 92.4 Å². The first-order valence-corrected chi connectivity index (χ1v) is 6.11. The Morgan fingerprint density at radius 2 is 2.27 bits per heavy atom. The molecule has 0 bridgehead atoms. The van der Waals surface area contributed by atoms with Crippen LogP contribution in [0.1, 0.15) is 25.7 Å². The summed E-state index contributed by atoms with van der Waals surface area (Å²) in [6.07, 6.45) is 5.00. The minimum atomic E-state index is 0.0158. The van der Waals surface area contributed by atoms with E-state index in [1.807, 2.05) is 0 Å². The van der Waals surface area contributed by atoms with E-state index in [2.05, 4.69) is 11.9 Å². The zero-order valence-electron chi connectivity index (χ0n) is 9.74. The first kappa shape index (κ1) is 11.4. The molecule has 2 fully saturated rings. The molecule has 1 aliphatic carbocycles. The predicted molar refractivity (Wildman–Crippen MR) is 59.8 cm³/mol. The van der Waals surface area contributed by atoms with Crippen LogP contribution >= 0.6 is 0 Å². The summed E-state index contributed by atoms with van der Waals surface area (Å²) in [7, 11) is 2.17. The standard InChI is InChI=1S/C12H23NO2/c1-13(7-11-3-4-11)8-12(9-14)5-2-6-15-10-12/h11,14H,2-10H2,1H3. The summed E-state index contributed by atoms with van der Waals surface area (Å²) in [5.41, 5.74) is 0.0158. The predicted octanol–water partition coefficient (Wildman–Crippen LogP) is 1.12. The molecular formula is C12H23NO2. The fourth-order valence-corrected chi connectivity index (χ4v) is 2.59. The number of ether oxygens (including phenoxy) is 1. The first-order chi connectivity index (χ1) is 7.24. The van der Waals surface area contributed by atoms with Crippen LogP contribution in [0.3, 0.4) is 0 Å². The van der Waals surface area contributed by atoms with Gasteiger partial charge in [-0.25, -0.2) is 0 Å². The highest BCUT2D eigenvalue weighted by atomic mass is 16.5. The fourth-order valence-electron chi connectivity index (χ4n) is 2.59. The maximum atomic E-state index is 9.53. The van der Waals surface area contributed by atoms with Crippen molar-refractivity contribution in [2.24, 2.45) is 11.3 Å². The second-order valence-corrected chi connectivity index (χ2v) is 5.45. The molecule has 3 heteroatoms. The Bertz CT molecular complexity index is 198. The van der Waals surface area contributed by atoms with E-state index in [-0.39, 0.29) is 12.0 Å². The maximum Gasteiger partial charge on any atom is 0.0556 e. The summed E-state index contributed by atoms with van der Waals surface area (Å²) in [6, 6.07) is 0. The summed E-state index contributed by atoms with van der Waals surface area (Å²) in [6.45, 7) is 4.05. The van der Waals surface area contributed by atoms with Gasteiger partial charge in [-0.2, -0.15) is 0 Å². The third-order valence-electron chi connectivity index (χ3n) is 3.61. The Kier molecular flexibility index (Phi) is 3.65. The lowest BCUT2D eigenvalue weighted by atomic mass is 9.83. The molecule has 0 aromatic rings. The molecule has 1 unspecified atom stereocenters. The van der Waals surface area contributed by atoms with Crippen LogP contribution in [0.2, 0.25) is 0 Å². The highest BCUT2D eigenvalue weighted by Gasteiger charge is 2.34. The number of nitrogens with zero attached hydrogens (tertiary/aromatic N) is 1. The molecular weight excluding hydrogens is 190 g/mol. The minimum Gasteiger partial charge on any atom is -0.396 e. The number of aliphatic hydroxyl groups is 1. The van der Waals surface area contributed by atoms with E-state index < -0.39 is 0 Å². The van der Waals surface area contributed by atoms with Gasteiger partial charge in [0.05, 0.1) is 13.2 Å². The van der Waals surface area contributed by atoms with Gasteiger partial charge in [-0.05, 0) is 38.6 Å². The van der Waals surface area contributed by atoms with Gasteiger partial charge in [0.25, 0.3) is 0 Å². The van der Waals surface area contributed by atoms with E-state index in [0.717, 1.165) is 38.5 Å². The van der Waals surface area contributed by atoms with Crippen LogP contribution in [-0.4, -0.2) is 50.0 Å². The van der Waals surface area contributed by atoms with Crippen LogP contribution in [0.25, 0.3) is 0 Å². The van der Waals surface area contributed by atoms with Crippen LogP contribution in [0.4, 0.5) is 0 Å². The largest absolute Gasteiger partial charge is 0.396 e. The van der Waals surface area contributed by atoms with Crippen molar-refractivity contribution >= 4 is 0 Å². The normalized spacial score (nSPS) is 32.2. The molecule has 1 heterocycles. The number of hydrogen-bond acceptors (Lipinski definition) is 3. The molecule has 1 N–H and O–H groups in total. The zero-order valence-corrected chi connectivity index (χ0v) is 9.74. The van der Waals surface area contributed by atoms with Crippen molar-refractivity contribution in [3.63, 3.8) is 0 Å². The maximum absolute atomic E-state index is 9.53. The average molecular weight is 213 g/mol. The van der Waals surface area contributed by atoms with Crippen LogP contribution < -0.4 is 0 Å². The van der Waals surface area contributed by atoms with E-state index in [1.54, 1.807) is 0 Å². The number of rotatable bonds is 5. The van der Waals surface area contributed by atoms with Gasteiger partial charge in [0.1, 0.15) is 0 Å². The highest BCUT2D eigenvalue weighted by molar-refractivity contribution is 4.85. The number of hydrogen-bond donors (Lipinski definition) is 1. The van der Waals surface area contributed by atoms with Crippen molar-refractivity contribution < 1.29 is 9.84 Å². The van der Waals surface area contributed by atoms with E-state index >= 15 is 0 Å². The van der Waals surface area contributed by atoms with E-state index in [0.29, 0.717) is 0 Å². The molecule has 0 radical (unpaired) electrons. The first-order valence-electron chi connectivity index (χ1n) is 6.11. The van der Waals surface area contributed by atoms with Crippen molar-refractivity contribution in [2.45, 2.75) is 25.7 Å². The van der Waals surface area contributed by atoms with Crippen LogP contribution in [0, 0.1) is 11.3 Å². The second kappa shape index (κ2) is 4.81. The van der Waals surface area contributed by atoms with Gasteiger partial charge in [0.2, 0.25) is 0 Å². The van der Waals surface area contributed by atoms with Crippen molar-refractivity contribution in [3.8, 4) is 0 Å². The zero-order chi connectivity index (χ0) is 10.7. The molecule has 0 aromatic carbocycles. The molecule has 1 saturated carbocycles. The minimum absolute atomic E-state index is 0.0158. The van der Waals surface area contributed by atoms with E-state index in [9.17, 15) is 5.11 Å². The molecule has 2 rings (SSSR count). The molecule has 1 saturated heterocycles. The molecule has 1 atom stereocenters. The van der Waals surface area contributed by atoms with E-state index in [4.69, 9.17) is 4.74 Å². The molecule has 0 amide bonds. The Morgan fingerprint density at radius 3 is 2.80 bits per heavy atom. The quantitative estimate of drug-likeness (QED) is 0.743.